The summed E-state index contributed by atoms with van der Waals surface area (Å²) < 4.78 is 0. The van der Waals surface area contributed by atoms with Gasteiger partial charge in [0.2, 0.25) is 17.7 Å². The first-order valence-electron chi connectivity index (χ1n) is 7.03. The number of hydrogen-bond donors (Lipinski definition) is 1. The van der Waals surface area contributed by atoms with Gasteiger partial charge in [-0.2, -0.15) is 0 Å². The van der Waals surface area contributed by atoms with E-state index in [4.69, 9.17) is 0 Å². The van der Waals surface area contributed by atoms with E-state index >= 15 is 0 Å². The molecule has 0 radical (unpaired) electrons. The van der Waals surface area contributed by atoms with Gasteiger partial charge in [-0.15, -0.1) is 11.3 Å². The van der Waals surface area contributed by atoms with E-state index in [0.717, 1.165) is 10.5 Å². The van der Waals surface area contributed by atoms with Gasteiger partial charge in [-0.3, -0.25) is 19.3 Å². The molecule has 6 heteroatoms. The first kappa shape index (κ1) is 15.7. The maximum absolute atomic E-state index is 12.3. The van der Waals surface area contributed by atoms with Gasteiger partial charge in [0.25, 0.3) is 0 Å². The van der Waals surface area contributed by atoms with Crippen molar-refractivity contribution in [2.24, 2.45) is 0 Å². The molecular formula is C15H20N2O3S. The quantitative estimate of drug-likeness (QED) is 0.866. The highest BCUT2D eigenvalue weighted by Crippen LogP contribution is 2.26. The van der Waals surface area contributed by atoms with Crippen LogP contribution in [0, 0.1) is 13.8 Å². The number of nitrogens with zero attached hydrogens (tertiary/aromatic N) is 1. The molecule has 0 aromatic carbocycles. The lowest BCUT2D eigenvalue weighted by Crippen LogP contribution is -2.48. The van der Waals surface area contributed by atoms with Crippen LogP contribution >= 0.6 is 11.3 Å². The van der Waals surface area contributed by atoms with Crippen LogP contribution in [-0.4, -0.2) is 28.7 Å². The summed E-state index contributed by atoms with van der Waals surface area (Å²) in [5.41, 5.74) is 1.08. The van der Waals surface area contributed by atoms with Crippen molar-refractivity contribution in [2.75, 3.05) is 0 Å². The predicted octanol–water partition coefficient (Wildman–Crippen LogP) is 2.08. The molecule has 1 aliphatic rings. The van der Waals surface area contributed by atoms with Crippen molar-refractivity contribution in [1.29, 1.82) is 0 Å². The number of rotatable bonds is 4. The number of carbonyl (C=O) groups excluding carboxylic acids is 3. The van der Waals surface area contributed by atoms with Crippen molar-refractivity contribution in [3.63, 3.8) is 0 Å². The number of thiophene rings is 1. The van der Waals surface area contributed by atoms with Crippen molar-refractivity contribution >= 4 is 29.1 Å². The predicted molar refractivity (Wildman–Crippen MR) is 80.9 cm³/mol. The molecule has 0 bridgehead atoms. The molecule has 2 heterocycles. The van der Waals surface area contributed by atoms with Crippen molar-refractivity contribution < 1.29 is 14.4 Å². The molecule has 2 rings (SSSR count). The molecule has 0 unspecified atom stereocenters. The molecule has 5 nitrogen and oxygen atoms in total. The lowest BCUT2D eigenvalue weighted by molar-refractivity contribution is -0.146. The van der Waals surface area contributed by atoms with Gasteiger partial charge in [-0.25, -0.2) is 0 Å². The lowest BCUT2D eigenvalue weighted by Gasteiger charge is -2.24. The fraction of sp³-hybridized carbons (Fsp3) is 0.533. The minimum Gasteiger partial charge on any atom is -0.348 e. The Balaban J connectivity index is 2.05. The number of aryl methyl sites for hydroxylation is 2. The van der Waals surface area contributed by atoms with Gasteiger partial charge < -0.3 is 5.32 Å². The zero-order chi connectivity index (χ0) is 15.7. The van der Waals surface area contributed by atoms with Crippen LogP contribution in [0.15, 0.2) is 6.07 Å². The highest BCUT2D eigenvalue weighted by atomic mass is 32.1. The van der Waals surface area contributed by atoms with E-state index in [-0.39, 0.29) is 36.6 Å². The fourth-order valence-electron chi connectivity index (χ4n) is 2.64. The number of nitrogens with one attached hydrogen (secondary N) is 1. The van der Waals surface area contributed by atoms with Gasteiger partial charge in [0, 0.05) is 22.6 Å². The summed E-state index contributed by atoms with van der Waals surface area (Å²) in [6.45, 7) is 7.55. The summed E-state index contributed by atoms with van der Waals surface area (Å²) in [6, 6.07) is 1.16. The van der Waals surface area contributed by atoms with Crippen molar-refractivity contribution in [2.45, 2.75) is 52.6 Å². The Kier molecular flexibility index (Phi) is 4.46. The molecule has 1 saturated heterocycles. The van der Waals surface area contributed by atoms with Crippen LogP contribution in [0.25, 0.3) is 0 Å². The molecule has 1 N–H and O–H groups in total. The molecule has 1 aromatic heterocycles. The van der Waals surface area contributed by atoms with Gasteiger partial charge in [-0.1, -0.05) is 0 Å². The average Bonchev–Trinajstić information content (AvgIpc) is 2.91. The van der Waals surface area contributed by atoms with E-state index in [9.17, 15) is 14.4 Å². The fourth-order valence-corrected chi connectivity index (χ4v) is 3.66. The number of hydrogen-bond acceptors (Lipinski definition) is 4. The summed E-state index contributed by atoms with van der Waals surface area (Å²) in [5, 5.41) is 2.89. The zero-order valence-corrected chi connectivity index (χ0v) is 13.5. The van der Waals surface area contributed by atoms with Crippen molar-refractivity contribution in [3.05, 3.63) is 21.4 Å². The van der Waals surface area contributed by atoms with Crippen LogP contribution in [0.3, 0.4) is 0 Å². The topological polar surface area (TPSA) is 66.5 Å². The van der Waals surface area contributed by atoms with E-state index in [1.54, 1.807) is 18.3 Å². The van der Waals surface area contributed by atoms with Crippen molar-refractivity contribution in [1.82, 2.24) is 10.2 Å². The summed E-state index contributed by atoms with van der Waals surface area (Å²) in [5.74, 6) is -0.829. The van der Waals surface area contributed by atoms with E-state index in [1.807, 2.05) is 20.8 Å². The first-order valence-corrected chi connectivity index (χ1v) is 7.85. The summed E-state index contributed by atoms with van der Waals surface area (Å²) in [4.78, 5) is 39.1. The maximum Gasteiger partial charge on any atom is 0.243 e. The van der Waals surface area contributed by atoms with Crippen LogP contribution in [-0.2, 0) is 14.4 Å². The molecule has 2 atom stereocenters. The number of carbonyl (C=O) groups is 3. The van der Waals surface area contributed by atoms with Gasteiger partial charge in [0.1, 0.15) is 6.04 Å². The molecule has 0 saturated carbocycles. The third kappa shape index (κ3) is 3.15. The maximum atomic E-state index is 12.3. The molecule has 1 aliphatic heterocycles. The SMILES string of the molecule is Cc1cc([C@@H](C)NC(=O)[C@@H](C)N2C(=O)CCC2=O)c(C)s1. The molecule has 21 heavy (non-hydrogen) atoms. The number of imide groups is 1. The summed E-state index contributed by atoms with van der Waals surface area (Å²) in [7, 11) is 0. The van der Waals surface area contributed by atoms with Crippen LogP contribution in [0.5, 0.6) is 0 Å². The smallest absolute Gasteiger partial charge is 0.243 e. The Morgan fingerprint density at radius 3 is 2.29 bits per heavy atom. The van der Waals surface area contributed by atoms with Crippen LogP contribution in [0.2, 0.25) is 0 Å². The second-order valence-corrected chi connectivity index (χ2v) is 6.89. The molecule has 0 aliphatic carbocycles. The second-order valence-electron chi connectivity index (χ2n) is 5.43. The molecule has 3 amide bonds. The summed E-state index contributed by atoms with van der Waals surface area (Å²) in [6.07, 6.45) is 0.406. The Morgan fingerprint density at radius 2 is 1.81 bits per heavy atom. The van der Waals surface area contributed by atoms with E-state index < -0.39 is 6.04 Å². The highest BCUT2D eigenvalue weighted by Gasteiger charge is 2.36. The molecule has 1 fully saturated rings. The molecular weight excluding hydrogens is 288 g/mol. The van der Waals surface area contributed by atoms with E-state index in [1.165, 1.54) is 9.75 Å². The summed E-state index contributed by atoms with van der Waals surface area (Å²) >= 11 is 1.69. The molecule has 114 valence electrons. The Bertz CT molecular complexity index is 578. The van der Waals surface area contributed by atoms with Crippen molar-refractivity contribution in [3.8, 4) is 0 Å². The van der Waals surface area contributed by atoms with Crippen LogP contribution in [0.1, 0.15) is 48.0 Å². The number of likely N-dealkylation sites (tertiary alicyclic amines) is 1. The normalized spacial score (nSPS) is 18.0. The minimum atomic E-state index is -0.755. The monoisotopic (exact) mass is 308 g/mol. The van der Waals surface area contributed by atoms with Gasteiger partial charge >= 0.3 is 0 Å². The van der Waals surface area contributed by atoms with Crippen LogP contribution in [0.4, 0.5) is 0 Å². The molecule has 1 aromatic rings. The Morgan fingerprint density at radius 1 is 1.24 bits per heavy atom. The van der Waals surface area contributed by atoms with Gasteiger partial charge in [-0.05, 0) is 39.3 Å². The average molecular weight is 308 g/mol. The first-order chi connectivity index (χ1) is 9.81. The third-order valence-corrected chi connectivity index (χ3v) is 4.74. The van der Waals surface area contributed by atoms with Gasteiger partial charge in [0.05, 0.1) is 6.04 Å². The van der Waals surface area contributed by atoms with Crippen LogP contribution < -0.4 is 5.32 Å². The van der Waals surface area contributed by atoms with E-state index in [0.29, 0.717) is 0 Å². The Labute approximate surface area is 128 Å². The minimum absolute atomic E-state index is 0.141. The second kappa shape index (κ2) is 5.97. The third-order valence-electron chi connectivity index (χ3n) is 3.76. The zero-order valence-electron chi connectivity index (χ0n) is 12.7. The lowest BCUT2D eigenvalue weighted by atomic mass is 10.1. The standard InChI is InChI=1S/C15H20N2O3S/c1-8-7-12(11(4)21-8)9(2)16-15(20)10(3)17-13(18)5-6-14(17)19/h7,9-10H,5-6H2,1-4H3,(H,16,20)/t9-,10-/m1/s1. The Hall–Kier alpha value is -1.69. The highest BCUT2D eigenvalue weighted by molar-refractivity contribution is 7.12. The van der Waals surface area contributed by atoms with E-state index in [2.05, 4.69) is 11.4 Å². The largest absolute Gasteiger partial charge is 0.348 e. The molecule has 0 spiro atoms. The number of amides is 3. The van der Waals surface area contributed by atoms with Gasteiger partial charge in [0.15, 0.2) is 0 Å².